The Morgan fingerprint density at radius 3 is 2.88 bits per heavy atom. The minimum absolute atomic E-state index is 0.272. The summed E-state index contributed by atoms with van der Waals surface area (Å²) in [6, 6.07) is 13.1. The fourth-order valence-electron chi connectivity index (χ4n) is 2.52. The van der Waals surface area contributed by atoms with Crippen LogP contribution < -0.4 is 14.9 Å². The Bertz CT molecular complexity index is 915. The number of aromatic nitrogens is 1. The van der Waals surface area contributed by atoms with Crippen molar-refractivity contribution >= 4 is 23.0 Å². The Kier molecular flexibility index (Phi) is 4.99. The quantitative estimate of drug-likeness (QED) is 0.535. The number of aromatic amines is 1. The molecule has 0 aliphatic carbocycles. The van der Waals surface area contributed by atoms with Gasteiger partial charge in [0.25, 0.3) is 5.91 Å². The zero-order valence-electron chi connectivity index (χ0n) is 14.1. The molecule has 1 heterocycles. The first kappa shape index (κ1) is 16.6. The molecular formula is C19H19N3O3. The van der Waals surface area contributed by atoms with Crippen LogP contribution in [0, 0.1) is 0 Å². The fourth-order valence-corrected chi connectivity index (χ4v) is 2.52. The van der Waals surface area contributed by atoms with E-state index in [0.29, 0.717) is 23.7 Å². The summed E-state index contributed by atoms with van der Waals surface area (Å²) < 4.78 is 10.8. The van der Waals surface area contributed by atoms with Crippen LogP contribution in [0.4, 0.5) is 0 Å². The molecule has 1 aromatic heterocycles. The second-order valence-electron chi connectivity index (χ2n) is 5.29. The van der Waals surface area contributed by atoms with Crippen LogP contribution in [0.25, 0.3) is 10.9 Å². The zero-order chi connectivity index (χ0) is 17.6. The van der Waals surface area contributed by atoms with Gasteiger partial charge in [-0.1, -0.05) is 18.2 Å². The maximum atomic E-state index is 12.3. The summed E-state index contributed by atoms with van der Waals surface area (Å²) in [7, 11) is 1.58. The van der Waals surface area contributed by atoms with E-state index in [2.05, 4.69) is 15.5 Å². The highest BCUT2D eigenvalue weighted by Crippen LogP contribution is 2.27. The van der Waals surface area contributed by atoms with Gasteiger partial charge in [-0.15, -0.1) is 0 Å². The number of methoxy groups -OCH3 is 1. The molecule has 0 spiro atoms. The lowest BCUT2D eigenvalue weighted by atomic mass is 10.2. The maximum Gasteiger partial charge on any atom is 0.273 e. The second kappa shape index (κ2) is 7.53. The number of nitrogens with one attached hydrogen (secondary N) is 2. The molecule has 1 amide bonds. The Morgan fingerprint density at radius 1 is 1.24 bits per heavy atom. The highest BCUT2D eigenvalue weighted by Gasteiger charge is 2.10. The normalized spacial score (nSPS) is 11.0. The first-order valence-electron chi connectivity index (χ1n) is 7.93. The van der Waals surface area contributed by atoms with E-state index in [1.807, 2.05) is 43.3 Å². The highest BCUT2D eigenvalue weighted by atomic mass is 16.5. The van der Waals surface area contributed by atoms with Gasteiger partial charge < -0.3 is 14.5 Å². The van der Waals surface area contributed by atoms with E-state index in [0.717, 1.165) is 16.5 Å². The van der Waals surface area contributed by atoms with Crippen LogP contribution in [0.3, 0.4) is 0 Å². The van der Waals surface area contributed by atoms with Gasteiger partial charge in [-0.25, -0.2) is 5.43 Å². The predicted molar refractivity (Wildman–Crippen MR) is 97.5 cm³/mol. The number of ether oxygens (including phenoxy) is 2. The molecule has 3 aromatic rings. The van der Waals surface area contributed by atoms with Crippen molar-refractivity contribution in [3.63, 3.8) is 0 Å². The van der Waals surface area contributed by atoms with E-state index in [4.69, 9.17) is 9.47 Å². The molecule has 0 atom stereocenters. The molecule has 3 rings (SSSR count). The average molecular weight is 337 g/mol. The van der Waals surface area contributed by atoms with Crippen molar-refractivity contribution in [2.24, 2.45) is 5.10 Å². The summed E-state index contributed by atoms with van der Waals surface area (Å²) in [5.41, 5.74) is 4.80. The van der Waals surface area contributed by atoms with Crippen LogP contribution in [-0.4, -0.2) is 30.8 Å². The molecule has 2 aromatic carbocycles. The number of hydrazone groups is 1. The van der Waals surface area contributed by atoms with E-state index in [9.17, 15) is 4.79 Å². The number of carbonyl (C=O) groups is 1. The molecule has 0 bridgehead atoms. The van der Waals surface area contributed by atoms with Crippen molar-refractivity contribution in [3.05, 3.63) is 59.8 Å². The van der Waals surface area contributed by atoms with Crippen molar-refractivity contribution in [2.45, 2.75) is 6.92 Å². The van der Waals surface area contributed by atoms with Gasteiger partial charge in [0.2, 0.25) is 0 Å². The van der Waals surface area contributed by atoms with Gasteiger partial charge in [0.05, 0.1) is 25.5 Å². The van der Waals surface area contributed by atoms with E-state index in [-0.39, 0.29) is 5.91 Å². The van der Waals surface area contributed by atoms with Crippen LogP contribution in [0.2, 0.25) is 0 Å². The number of fused-ring (bicyclic) bond motifs is 1. The summed E-state index contributed by atoms with van der Waals surface area (Å²) in [4.78, 5) is 15.4. The standard InChI is InChI=1S/C19H19N3O3/c1-3-25-17-9-8-13(10-18(17)24-2)11-21-22-19(23)15-12-20-16-7-5-4-6-14(15)16/h4-12,20H,3H2,1-2H3,(H,22,23)/b21-11-. The molecule has 0 fully saturated rings. The Morgan fingerprint density at radius 2 is 2.08 bits per heavy atom. The van der Waals surface area contributed by atoms with Crippen molar-refractivity contribution in [1.29, 1.82) is 0 Å². The smallest absolute Gasteiger partial charge is 0.273 e. The van der Waals surface area contributed by atoms with Crippen LogP contribution >= 0.6 is 0 Å². The molecule has 0 radical (unpaired) electrons. The Hall–Kier alpha value is -3.28. The molecule has 0 aliphatic rings. The third-order valence-corrected chi connectivity index (χ3v) is 3.70. The number of hydrogen-bond acceptors (Lipinski definition) is 4. The number of H-pyrrole nitrogens is 1. The van der Waals surface area contributed by atoms with Crippen molar-refractivity contribution in [1.82, 2.24) is 10.4 Å². The Balaban J connectivity index is 1.71. The van der Waals surface area contributed by atoms with Crippen molar-refractivity contribution in [2.75, 3.05) is 13.7 Å². The van der Waals surface area contributed by atoms with Crippen molar-refractivity contribution < 1.29 is 14.3 Å². The van der Waals surface area contributed by atoms with E-state index in [1.54, 1.807) is 25.6 Å². The summed E-state index contributed by atoms with van der Waals surface area (Å²) in [5.74, 6) is 1.02. The molecular weight excluding hydrogens is 318 g/mol. The summed E-state index contributed by atoms with van der Waals surface area (Å²) in [6.07, 6.45) is 3.24. The molecule has 25 heavy (non-hydrogen) atoms. The number of hydrogen-bond donors (Lipinski definition) is 2. The van der Waals surface area contributed by atoms with Crippen LogP contribution in [0.1, 0.15) is 22.8 Å². The molecule has 128 valence electrons. The fraction of sp³-hybridized carbons (Fsp3) is 0.158. The zero-order valence-corrected chi connectivity index (χ0v) is 14.1. The van der Waals surface area contributed by atoms with Crippen LogP contribution in [0.5, 0.6) is 11.5 Å². The minimum Gasteiger partial charge on any atom is -0.493 e. The second-order valence-corrected chi connectivity index (χ2v) is 5.29. The van der Waals surface area contributed by atoms with Crippen molar-refractivity contribution in [3.8, 4) is 11.5 Å². The molecule has 0 aliphatic heterocycles. The number of carbonyl (C=O) groups excluding carboxylic acids is 1. The molecule has 0 unspecified atom stereocenters. The largest absolute Gasteiger partial charge is 0.493 e. The van der Waals surface area contributed by atoms with Gasteiger partial charge >= 0.3 is 0 Å². The lowest BCUT2D eigenvalue weighted by molar-refractivity contribution is 0.0957. The molecule has 6 heteroatoms. The van der Waals surface area contributed by atoms with Gasteiger partial charge in [0.1, 0.15) is 0 Å². The predicted octanol–water partition coefficient (Wildman–Crippen LogP) is 3.34. The summed E-state index contributed by atoms with van der Waals surface area (Å²) >= 11 is 0. The van der Waals surface area contributed by atoms with Crippen LogP contribution in [0.15, 0.2) is 53.8 Å². The molecule has 6 nitrogen and oxygen atoms in total. The Labute approximate surface area is 145 Å². The average Bonchev–Trinajstić information content (AvgIpc) is 3.07. The summed E-state index contributed by atoms with van der Waals surface area (Å²) in [5, 5.41) is 4.88. The molecule has 0 saturated heterocycles. The number of rotatable bonds is 6. The SMILES string of the molecule is CCOc1ccc(/C=N\NC(=O)c2c[nH]c3ccccc23)cc1OC. The van der Waals surface area contributed by atoms with Gasteiger partial charge in [-0.3, -0.25) is 4.79 Å². The molecule has 0 saturated carbocycles. The maximum absolute atomic E-state index is 12.3. The topological polar surface area (TPSA) is 75.7 Å². The van der Waals surface area contributed by atoms with Gasteiger partial charge in [0, 0.05) is 17.1 Å². The van der Waals surface area contributed by atoms with E-state index >= 15 is 0 Å². The highest BCUT2D eigenvalue weighted by molar-refractivity contribution is 6.06. The van der Waals surface area contributed by atoms with Gasteiger partial charge in [-0.2, -0.15) is 5.10 Å². The number of amides is 1. The third-order valence-electron chi connectivity index (χ3n) is 3.70. The van der Waals surface area contributed by atoms with Crippen LogP contribution in [-0.2, 0) is 0 Å². The monoisotopic (exact) mass is 337 g/mol. The lowest BCUT2D eigenvalue weighted by Gasteiger charge is -2.09. The number of nitrogens with zero attached hydrogens (tertiary/aromatic N) is 1. The van der Waals surface area contributed by atoms with Gasteiger partial charge in [-0.05, 0) is 36.8 Å². The molecule has 2 N–H and O–H groups in total. The summed E-state index contributed by atoms with van der Waals surface area (Å²) in [6.45, 7) is 2.47. The number of benzene rings is 2. The first-order valence-corrected chi connectivity index (χ1v) is 7.93. The van der Waals surface area contributed by atoms with E-state index < -0.39 is 0 Å². The van der Waals surface area contributed by atoms with E-state index in [1.165, 1.54) is 0 Å². The first-order chi connectivity index (χ1) is 12.2. The number of para-hydroxylation sites is 1. The lowest BCUT2D eigenvalue weighted by Crippen LogP contribution is -2.17. The third kappa shape index (κ3) is 3.63. The minimum atomic E-state index is -0.272. The van der Waals surface area contributed by atoms with Gasteiger partial charge in [0.15, 0.2) is 11.5 Å².